The van der Waals surface area contributed by atoms with Crippen LogP contribution in [0, 0.1) is 6.92 Å². The number of esters is 1. The van der Waals surface area contributed by atoms with Gasteiger partial charge in [0.15, 0.2) is 6.61 Å². The van der Waals surface area contributed by atoms with Gasteiger partial charge >= 0.3 is 12.0 Å². The molecule has 7 heteroatoms. The van der Waals surface area contributed by atoms with Gasteiger partial charge in [0, 0.05) is 16.6 Å². The highest BCUT2D eigenvalue weighted by Gasteiger charge is 2.18. The number of ether oxygens (including phenoxy) is 1. The maximum atomic E-state index is 12.3. The third-order valence-electron chi connectivity index (χ3n) is 3.14. The van der Waals surface area contributed by atoms with E-state index in [0.29, 0.717) is 22.2 Å². The number of imide groups is 1. The normalized spacial score (nSPS) is 11.0. The molecular weight excluding hydrogens is 322 g/mol. The maximum Gasteiger partial charge on any atom is 0.339 e. The number of benzene rings is 1. The van der Waals surface area contributed by atoms with Crippen LogP contribution in [0.4, 0.5) is 4.79 Å². The highest BCUT2D eigenvalue weighted by Crippen LogP contribution is 2.19. The number of hydrogen-bond donors (Lipinski definition) is 2. The molecule has 1 heterocycles. The molecule has 2 rings (SSSR count). The zero-order valence-electron chi connectivity index (χ0n) is 14.7. The third-order valence-corrected chi connectivity index (χ3v) is 3.14. The van der Waals surface area contributed by atoms with Crippen LogP contribution in [0.2, 0.25) is 0 Å². The van der Waals surface area contributed by atoms with Crippen LogP contribution in [0.15, 0.2) is 30.3 Å². The molecule has 0 saturated heterocycles. The lowest BCUT2D eigenvalue weighted by Crippen LogP contribution is -2.49. The van der Waals surface area contributed by atoms with Gasteiger partial charge in [0.25, 0.3) is 5.91 Å². The molecule has 0 atom stereocenters. The standard InChI is InChI=1S/C18H21N3O4/c1-11-9-13(12-7-5-6-8-14(12)19-11)16(23)25-10-15(22)20-17(24)21-18(2,3)4/h5-9H,10H2,1-4H3,(H2,20,21,22,24). The average molecular weight is 343 g/mol. The molecule has 1 aromatic carbocycles. The second kappa shape index (κ2) is 7.29. The second-order valence-electron chi connectivity index (χ2n) is 6.66. The molecule has 0 fully saturated rings. The van der Waals surface area contributed by atoms with Crippen molar-refractivity contribution in [2.45, 2.75) is 33.2 Å². The van der Waals surface area contributed by atoms with Gasteiger partial charge in [0.2, 0.25) is 0 Å². The lowest BCUT2D eigenvalue weighted by Gasteiger charge is -2.20. The molecule has 0 aliphatic heterocycles. The van der Waals surface area contributed by atoms with Crippen LogP contribution >= 0.6 is 0 Å². The summed E-state index contributed by atoms with van der Waals surface area (Å²) in [4.78, 5) is 40.0. The van der Waals surface area contributed by atoms with Crippen molar-refractivity contribution in [2.24, 2.45) is 0 Å². The Balaban J connectivity index is 2.01. The number of hydrogen-bond acceptors (Lipinski definition) is 5. The summed E-state index contributed by atoms with van der Waals surface area (Å²) >= 11 is 0. The van der Waals surface area contributed by atoms with Crippen LogP contribution in [-0.2, 0) is 9.53 Å². The zero-order valence-corrected chi connectivity index (χ0v) is 14.7. The number of fused-ring (bicyclic) bond motifs is 1. The van der Waals surface area contributed by atoms with E-state index in [9.17, 15) is 14.4 Å². The first-order valence-electron chi connectivity index (χ1n) is 7.81. The topological polar surface area (TPSA) is 97.4 Å². The average Bonchev–Trinajstić information content (AvgIpc) is 2.49. The lowest BCUT2D eigenvalue weighted by atomic mass is 10.1. The number of aryl methyl sites for hydroxylation is 1. The monoisotopic (exact) mass is 343 g/mol. The van der Waals surface area contributed by atoms with E-state index >= 15 is 0 Å². The number of amides is 3. The van der Waals surface area contributed by atoms with Crippen molar-refractivity contribution >= 4 is 28.8 Å². The quantitative estimate of drug-likeness (QED) is 0.834. The molecule has 0 saturated carbocycles. The lowest BCUT2D eigenvalue weighted by molar-refractivity contribution is -0.123. The molecular formula is C18H21N3O4. The Hall–Kier alpha value is -2.96. The molecule has 7 nitrogen and oxygen atoms in total. The predicted molar refractivity (Wildman–Crippen MR) is 93.2 cm³/mol. The molecule has 25 heavy (non-hydrogen) atoms. The highest BCUT2D eigenvalue weighted by molar-refractivity contribution is 6.04. The zero-order chi connectivity index (χ0) is 18.6. The summed E-state index contributed by atoms with van der Waals surface area (Å²) in [7, 11) is 0. The summed E-state index contributed by atoms with van der Waals surface area (Å²) in [6.45, 7) is 6.58. The first kappa shape index (κ1) is 18.4. The van der Waals surface area contributed by atoms with E-state index in [2.05, 4.69) is 15.6 Å². The molecule has 0 radical (unpaired) electrons. The van der Waals surface area contributed by atoms with Gasteiger partial charge in [-0.25, -0.2) is 9.59 Å². The Labute approximate surface area is 145 Å². The van der Waals surface area contributed by atoms with E-state index in [1.807, 2.05) is 6.07 Å². The van der Waals surface area contributed by atoms with Crippen molar-refractivity contribution in [3.8, 4) is 0 Å². The van der Waals surface area contributed by atoms with Crippen molar-refractivity contribution in [3.05, 3.63) is 41.6 Å². The van der Waals surface area contributed by atoms with Crippen LogP contribution in [0.5, 0.6) is 0 Å². The molecule has 132 valence electrons. The SMILES string of the molecule is Cc1cc(C(=O)OCC(=O)NC(=O)NC(C)(C)C)c2ccccc2n1. The molecule has 0 unspecified atom stereocenters. The Bertz CT molecular complexity index is 825. The fourth-order valence-electron chi connectivity index (χ4n) is 2.22. The smallest absolute Gasteiger partial charge is 0.339 e. The number of rotatable bonds is 3. The minimum absolute atomic E-state index is 0.329. The van der Waals surface area contributed by atoms with Crippen LogP contribution in [0.3, 0.4) is 0 Å². The van der Waals surface area contributed by atoms with Crippen molar-refractivity contribution in [2.75, 3.05) is 6.61 Å². The Morgan fingerprint density at radius 1 is 1.16 bits per heavy atom. The number of para-hydroxylation sites is 1. The van der Waals surface area contributed by atoms with E-state index < -0.39 is 30.1 Å². The Kier molecular flexibility index (Phi) is 5.36. The van der Waals surface area contributed by atoms with Crippen LogP contribution in [0.1, 0.15) is 36.8 Å². The Morgan fingerprint density at radius 3 is 2.52 bits per heavy atom. The highest BCUT2D eigenvalue weighted by atomic mass is 16.5. The minimum Gasteiger partial charge on any atom is -0.452 e. The summed E-state index contributed by atoms with van der Waals surface area (Å²) in [5, 5.41) is 5.34. The number of carbonyl (C=O) groups excluding carboxylic acids is 3. The van der Waals surface area contributed by atoms with Gasteiger partial charge in [-0.3, -0.25) is 15.1 Å². The third kappa shape index (κ3) is 5.27. The molecule has 0 aliphatic rings. The molecule has 2 aromatic rings. The van der Waals surface area contributed by atoms with Gasteiger partial charge in [-0.1, -0.05) is 18.2 Å². The molecule has 0 bridgehead atoms. The molecule has 0 aliphatic carbocycles. The number of carbonyl (C=O) groups is 3. The minimum atomic E-state index is -0.704. The van der Waals surface area contributed by atoms with E-state index in [1.54, 1.807) is 52.0 Å². The fourth-order valence-corrected chi connectivity index (χ4v) is 2.22. The molecule has 1 aromatic heterocycles. The van der Waals surface area contributed by atoms with Crippen LogP contribution in [-0.4, -0.2) is 35.0 Å². The first-order chi connectivity index (χ1) is 11.7. The Morgan fingerprint density at radius 2 is 1.84 bits per heavy atom. The van der Waals surface area contributed by atoms with Gasteiger partial charge < -0.3 is 10.1 Å². The summed E-state index contributed by atoms with van der Waals surface area (Å²) < 4.78 is 5.03. The molecule has 3 amide bonds. The van der Waals surface area contributed by atoms with Crippen LogP contribution < -0.4 is 10.6 Å². The second-order valence-corrected chi connectivity index (χ2v) is 6.66. The summed E-state index contributed by atoms with van der Waals surface area (Å²) in [5.74, 6) is -1.35. The number of pyridine rings is 1. The summed E-state index contributed by atoms with van der Waals surface area (Å²) in [6, 6.07) is 8.14. The van der Waals surface area contributed by atoms with E-state index in [-0.39, 0.29) is 0 Å². The summed E-state index contributed by atoms with van der Waals surface area (Å²) in [5.41, 5.74) is 1.19. The number of nitrogens with one attached hydrogen (secondary N) is 2. The van der Waals surface area contributed by atoms with E-state index in [1.165, 1.54) is 0 Å². The largest absolute Gasteiger partial charge is 0.452 e. The van der Waals surface area contributed by atoms with Gasteiger partial charge in [-0.2, -0.15) is 0 Å². The van der Waals surface area contributed by atoms with Crippen molar-refractivity contribution in [1.29, 1.82) is 0 Å². The van der Waals surface area contributed by atoms with Crippen LogP contribution in [0.25, 0.3) is 10.9 Å². The summed E-state index contributed by atoms with van der Waals surface area (Å²) in [6.07, 6.45) is 0. The fraction of sp³-hybridized carbons (Fsp3) is 0.333. The van der Waals surface area contributed by atoms with Gasteiger partial charge in [-0.05, 0) is 39.8 Å². The van der Waals surface area contributed by atoms with Gasteiger partial charge in [0.05, 0.1) is 11.1 Å². The van der Waals surface area contributed by atoms with Gasteiger partial charge in [-0.15, -0.1) is 0 Å². The molecule has 2 N–H and O–H groups in total. The number of aromatic nitrogens is 1. The predicted octanol–water partition coefficient (Wildman–Crippen LogP) is 2.32. The number of urea groups is 1. The number of nitrogens with zero attached hydrogens (tertiary/aromatic N) is 1. The van der Waals surface area contributed by atoms with Crippen molar-refractivity contribution in [1.82, 2.24) is 15.6 Å². The first-order valence-corrected chi connectivity index (χ1v) is 7.81. The van der Waals surface area contributed by atoms with Crippen molar-refractivity contribution in [3.63, 3.8) is 0 Å². The van der Waals surface area contributed by atoms with Crippen molar-refractivity contribution < 1.29 is 19.1 Å². The van der Waals surface area contributed by atoms with Gasteiger partial charge in [0.1, 0.15) is 0 Å². The van der Waals surface area contributed by atoms with E-state index in [4.69, 9.17) is 4.74 Å². The van der Waals surface area contributed by atoms with E-state index in [0.717, 1.165) is 0 Å². The molecule has 0 spiro atoms. The maximum absolute atomic E-state index is 12.3.